The first-order valence-corrected chi connectivity index (χ1v) is 16.4. The van der Waals surface area contributed by atoms with Crippen molar-refractivity contribution in [2.45, 2.75) is 57.9 Å². The number of piperidine rings is 1. The molecule has 0 unspecified atom stereocenters. The number of hydrogen-bond acceptors (Lipinski definition) is 10. The molecule has 2 fully saturated rings. The number of ether oxygens (including phenoxy) is 2. The Balaban J connectivity index is 1.29. The Morgan fingerprint density at radius 2 is 1.86 bits per heavy atom. The molecule has 1 amide bonds. The molecule has 2 aliphatic rings. The van der Waals surface area contributed by atoms with Gasteiger partial charge in [-0.1, -0.05) is 19.1 Å². The van der Waals surface area contributed by atoms with Gasteiger partial charge in [-0.15, -0.1) is 0 Å². The van der Waals surface area contributed by atoms with Gasteiger partial charge in [0, 0.05) is 67.5 Å². The number of fused-ring (bicyclic) bond motifs is 3. The average Bonchev–Trinajstić information content (AvgIpc) is 3.71. The van der Waals surface area contributed by atoms with Gasteiger partial charge in [-0.3, -0.25) is 9.59 Å². The molecule has 266 valence electrons. The van der Waals surface area contributed by atoms with Gasteiger partial charge in [0.1, 0.15) is 28.7 Å². The number of methoxy groups -OCH3 is 1. The molecule has 0 N–H and O–H groups in total. The standard InChI is InChI=1S/C36H34F4N6O5/c1-18-16-45(20(3)48)10-9-36(18,40)25-11-21(24-13-29(49-4)41-15-26(24)37)14-42-35(25)50-22-12-27(19(2)47)46(17-22)34-31-30(43-33(44-34)32(38)39)23-7-5-6-8-28(23)51-31/h5-8,11,13-15,18,22,27,32H,9-10,12,16-17H2,1-4H3/t18-,22-,27-,36+/m0/s1. The summed E-state index contributed by atoms with van der Waals surface area (Å²) in [5.41, 5.74) is -0.939. The monoisotopic (exact) mass is 706 g/mol. The summed E-state index contributed by atoms with van der Waals surface area (Å²) in [6, 6.07) is 8.85. The Hall–Kier alpha value is -5.34. The summed E-state index contributed by atoms with van der Waals surface area (Å²) in [6.07, 6.45) is -1.42. The summed E-state index contributed by atoms with van der Waals surface area (Å²) in [6.45, 7) is 4.73. The van der Waals surface area contributed by atoms with Gasteiger partial charge in [0.2, 0.25) is 17.7 Å². The van der Waals surface area contributed by atoms with Crippen LogP contribution in [0.4, 0.5) is 23.4 Å². The highest BCUT2D eigenvalue weighted by molar-refractivity contribution is 6.06. The molecule has 0 radical (unpaired) electrons. The zero-order valence-corrected chi connectivity index (χ0v) is 28.2. The number of pyridine rings is 2. The summed E-state index contributed by atoms with van der Waals surface area (Å²) < 4.78 is 78.3. The largest absolute Gasteiger partial charge is 0.481 e. The first-order valence-electron chi connectivity index (χ1n) is 16.4. The van der Waals surface area contributed by atoms with Crippen LogP contribution in [0.15, 0.2) is 53.2 Å². The number of hydrogen-bond donors (Lipinski definition) is 0. The van der Waals surface area contributed by atoms with E-state index >= 15 is 8.78 Å². The van der Waals surface area contributed by atoms with Gasteiger partial charge < -0.3 is 23.7 Å². The number of rotatable bonds is 8. The third-order valence-electron chi connectivity index (χ3n) is 9.81. The lowest BCUT2D eigenvalue weighted by Crippen LogP contribution is -2.48. The highest BCUT2D eigenvalue weighted by Gasteiger charge is 2.47. The van der Waals surface area contributed by atoms with Gasteiger partial charge in [-0.05, 0) is 25.1 Å². The number of likely N-dealkylation sites (tertiary alicyclic amines) is 1. The molecule has 0 aliphatic carbocycles. The maximum atomic E-state index is 17.4. The highest BCUT2D eigenvalue weighted by Crippen LogP contribution is 2.47. The van der Waals surface area contributed by atoms with Crippen molar-refractivity contribution >= 4 is 39.6 Å². The molecule has 15 heteroatoms. The van der Waals surface area contributed by atoms with Crippen molar-refractivity contribution in [3.8, 4) is 22.9 Å². The van der Waals surface area contributed by atoms with Gasteiger partial charge in [0.25, 0.3) is 6.43 Å². The van der Waals surface area contributed by atoms with Crippen LogP contribution in [-0.2, 0) is 15.3 Å². The summed E-state index contributed by atoms with van der Waals surface area (Å²) in [4.78, 5) is 45.0. The van der Waals surface area contributed by atoms with E-state index in [1.165, 1.54) is 39.3 Å². The number of alkyl halides is 3. The first kappa shape index (κ1) is 34.1. The number of carbonyl (C=O) groups excluding carboxylic acids is 2. The second kappa shape index (κ2) is 13.1. The van der Waals surface area contributed by atoms with Gasteiger partial charge in [-0.25, -0.2) is 37.5 Å². The maximum absolute atomic E-state index is 17.4. The number of Topliss-reactive ketones (excluding diaryl/α,β-unsaturated/α-hetero) is 1. The topological polar surface area (TPSA) is 124 Å². The Morgan fingerprint density at radius 3 is 2.57 bits per heavy atom. The lowest BCUT2D eigenvalue weighted by molar-refractivity contribution is -0.133. The molecule has 5 aromatic rings. The van der Waals surface area contributed by atoms with Crippen LogP contribution in [-0.4, -0.2) is 75.4 Å². The maximum Gasteiger partial charge on any atom is 0.297 e. The predicted octanol–water partition coefficient (Wildman–Crippen LogP) is 6.59. The van der Waals surface area contributed by atoms with E-state index in [9.17, 15) is 18.4 Å². The molecule has 4 atom stereocenters. The second-order valence-electron chi connectivity index (χ2n) is 13.0. The number of amides is 1. The normalized spacial score (nSPS) is 22.3. The van der Waals surface area contributed by atoms with Gasteiger partial charge in [-0.2, -0.15) is 0 Å². The molecule has 6 heterocycles. The van der Waals surface area contributed by atoms with Crippen LogP contribution < -0.4 is 14.4 Å². The fourth-order valence-electron chi connectivity index (χ4n) is 7.09. The lowest BCUT2D eigenvalue weighted by atomic mass is 9.78. The third-order valence-corrected chi connectivity index (χ3v) is 9.81. The fraction of sp³-hybridized carbons (Fsp3) is 0.389. The molecule has 0 bridgehead atoms. The van der Waals surface area contributed by atoms with Gasteiger partial charge in [0.15, 0.2) is 23.0 Å². The zero-order chi connectivity index (χ0) is 36.2. The summed E-state index contributed by atoms with van der Waals surface area (Å²) in [5.74, 6) is -2.48. The number of aromatic nitrogens is 4. The van der Waals surface area contributed by atoms with Crippen molar-refractivity contribution in [1.82, 2.24) is 24.8 Å². The molecule has 0 spiro atoms. The van der Waals surface area contributed by atoms with Crippen LogP contribution in [0.3, 0.4) is 0 Å². The van der Waals surface area contributed by atoms with Crippen LogP contribution in [0, 0.1) is 11.7 Å². The average molecular weight is 707 g/mol. The van der Waals surface area contributed by atoms with Gasteiger partial charge in [0.05, 0.1) is 31.5 Å². The van der Waals surface area contributed by atoms with E-state index in [0.717, 1.165) is 6.20 Å². The van der Waals surface area contributed by atoms with Crippen LogP contribution >= 0.6 is 0 Å². The van der Waals surface area contributed by atoms with Crippen molar-refractivity contribution in [3.05, 3.63) is 66.0 Å². The number of nitrogens with zero attached hydrogens (tertiary/aromatic N) is 6. The van der Waals surface area contributed by atoms with E-state index in [0.29, 0.717) is 11.0 Å². The molecule has 0 saturated carbocycles. The Labute approximate surface area is 289 Å². The smallest absolute Gasteiger partial charge is 0.297 e. The number of carbonyl (C=O) groups is 2. The predicted molar refractivity (Wildman–Crippen MR) is 178 cm³/mol. The fourth-order valence-corrected chi connectivity index (χ4v) is 7.09. The molecule has 7 rings (SSSR count). The highest BCUT2D eigenvalue weighted by atomic mass is 19.3. The Kier molecular flexibility index (Phi) is 8.76. The number of furan rings is 1. The van der Waals surface area contributed by atoms with Crippen LogP contribution in [0.5, 0.6) is 11.8 Å². The van der Waals surface area contributed by atoms with E-state index in [1.54, 1.807) is 41.0 Å². The number of benzene rings is 1. The Bertz CT molecular complexity index is 2160. The van der Waals surface area contributed by atoms with Crippen molar-refractivity contribution in [3.63, 3.8) is 0 Å². The van der Waals surface area contributed by atoms with Crippen LogP contribution in [0.2, 0.25) is 0 Å². The van der Waals surface area contributed by atoms with E-state index in [4.69, 9.17) is 13.9 Å². The SMILES string of the molecule is COc1cc(-c2cnc(O[C@H]3C[C@@H](C(C)=O)N(c4nc(C(F)F)nc5c4oc4ccccc45)C3)c([C@@]3(F)CCN(C(C)=O)C[C@@H]3C)c2)c(F)cn1. The first-order chi connectivity index (χ1) is 24.4. The molecule has 11 nitrogen and oxygen atoms in total. The van der Waals surface area contributed by atoms with Crippen LogP contribution in [0.1, 0.15) is 51.4 Å². The van der Waals surface area contributed by atoms with E-state index in [2.05, 4.69) is 19.9 Å². The molecular formula is C36H34F4N6O5. The molecule has 2 aliphatic heterocycles. The minimum absolute atomic E-state index is 0.00984. The number of halogens is 4. The molecule has 2 saturated heterocycles. The molecule has 4 aromatic heterocycles. The van der Waals surface area contributed by atoms with Crippen molar-refractivity contribution < 1.29 is 41.0 Å². The minimum atomic E-state index is -3.00. The molecular weight excluding hydrogens is 672 g/mol. The van der Waals surface area contributed by atoms with Crippen molar-refractivity contribution in [2.75, 3.05) is 31.6 Å². The lowest BCUT2D eigenvalue weighted by Gasteiger charge is -2.41. The Morgan fingerprint density at radius 1 is 1.08 bits per heavy atom. The summed E-state index contributed by atoms with van der Waals surface area (Å²) in [5, 5.41) is 0.514. The number of anilines is 1. The zero-order valence-electron chi connectivity index (χ0n) is 28.2. The second-order valence-corrected chi connectivity index (χ2v) is 13.0. The van der Waals surface area contributed by atoms with E-state index < -0.39 is 41.8 Å². The van der Waals surface area contributed by atoms with Crippen molar-refractivity contribution in [1.29, 1.82) is 0 Å². The third kappa shape index (κ3) is 6.08. The number of para-hydroxylation sites is 1. The molecule has 51 heavy (non-hydrogen) atoms. The summed E-state index contributed by atoms with van der Waals surface area (Å²) in [7, 11) is 1.39. The number of ketones is 1. The summed E-state index contributed by atoms with van der Waals surface area (Å²) >= 11 is 0. The molecule has 1 aromatic carbocycles. The quantitative estimate of drug-likeness (QED) is 0.163. The van der Waals surface area contributed by atoms with E-state index in [1.807, 2.05) is 0 Å². The van der Waals surface area contributed by atoms with Gasteiger partial charge >= 0.3 is 0 Å². The van der Waals surface area contributed by atoms with Crippen molar-refractivity contribution in [2.24, 2.45) is 5.92 Å². The van der Waals surface area contributed by atoms with E-state index in [-0.39, 0.29) is 89.5 Å². The van der Waals surface area contributed by atoms with Crippen LogP contribution in [0.25, 0.3) is 33.2 Å². The minimum Gasteiger partial charge on any atom is -0.481 e.